The number of aliphatic hydroxyl groups is 1. The molecule has 0 aromatic rings. The summed E-state index contributed by atoms with van der Waals surface area (Å²) in [5.41, 5.74) is 2.10. The normalized spacial score (nSPS) is 23.8. The molecule has 1 N–H and O–H groups in total. The molecule has 0 aliphatic heterocycles. The Kier molecular flexibility index (Phi) is 6.10. The van der Waals surface area contributed by atoms with Gasteiger partial charge in [0.05, 0.1) is 6.10 Å². The van der Waals surface area contributed by atoms with E-state index in [2.05, 4.69) is 54.6 Å². The molecule has 0 saturated heterocycles. The number of Topliss-reactive ketones (excluding diaryl/α,β-unsaturated/α-hetero) is 1. The molecular formula is C19H36O3Si. The molecule has 0 saturated carbocycles. The summed E-state index contributed by atoms with van der Waals surface area (Å²) in [7, 11) is -1.80. The third-order valence-corrected chi connectivity index (χ3v) is 10.1. The molecule has 2 unspecified atom stereocenters. The van der Waals surface area contributed by atoms with Crippen molar-refractivity contribution < 1.29 is 14.3 Å². The first kappa shape index (κ1) is 20.6. The predicted molar refractivity (Wildman–Crippen MR) is 99.1 cm³/mol. The van der Waals surface area contributed by atoms with Gasteiger partial charge < -0.3 is 9.53 Å². The van der Waals surface area contributed by atoms with Crippen LogP contribution in [-0.2, 0) is 9.22 Å². The Bertz CT molecular complexity index is 483. The first-order valence-corrected chi connectivity index (χ1v) is 11.6. The Labute approximate surface area is 143 Å². The Balaban J connectivity index is 3.00. The zero-order chi connectivity index (χ0) is 18.2. The molecule has 0 spiro atoms. The van der Waals surface area contributed by atoms with Crippen LogP contribution in [0.5, 0.6) is 0 Å². The van der Waals surface area contributed by atoms with Crippen LogP contribution in [0.4, 0.5) is 0 Å². The summed E-state index contributed by atoms with van der Waals surface area (Å²) in [5.74, 6) is 0.0354. The molecule has 0 amide bonds. The standard InChI is InChI=1S/C19H36O3Si/c1-13-10-15(22-23(8,9)18(3,4)5)12-19(6,7)17(13)16(21)11-14(2)20/h15-16,21H,10-12H2,1-9H3. The van der Waals surface area contributed by atoms with Crippen molar-refractivity contribution in [2.75, 3.05) is 0 Å². The minimum Gasteiger partial charge on any atom is -0.414 e. The Hall–Kier alpha value is -0.453. The van der Waals surface area contributed by atoms with E-state index >= 15 is 0 Å². The number of carbonyl (C=O) groups is 1. The number of rotatable bonds is 5. The van der Waals surface area contributed by atoms with Crippen LogP contribution < -0.4 is 0 Å². The molecule has 3 nitrogen and oxygen atoms in total. The summed E-state index contributed by atoms with van der Waals surface area (Å²) in [6.07, 6.45) is 1.53. The Morgan fingerprint density at radius 3 is 2.30 bits per heavy atom. The van der Waals surface area contributed by atoms with E-state index in [0.717, 1.165) is 18.4 Å². The first-order chi connectivity index (χ1) is 10.2. The molecule has 0 fully saturated rings. The third-order valence-electron chi connectivity index (χ3n) is 5.54. The van der Waals surface area contributed by atoms with Gasteiger partial charge in [0.25, 0.3) is 0 Å². The van der Waals surface area contributed by atoms with Gasteiger partial charge in [-0.2, -0.15) is 0 Å². The van der Waals surface area contributed by atoms with E-state index < -0.39 is 14.4 Å². The van der Waals surface area contributed by atoms with Crippen molar-refractivity contribution in [2.45, 2.75) is 98.1 Å². The molecule has 0 bridgehead atoms. The second-order valence-corrected chi connectivity index (χ2v) is 14.2. The maximum atomic E-state index is 11.4. The predicted octanol–water partition coefficient (Wildman–Crippen LogP) is 4.85. The summed E-state index contributed by atoms with van der Waals surface area (Å²) in [6, 6.07) is 0. The smallest absolute Gasteiger partial charge is 0.192 e. The summed E-state index contributed by atoms with van der Waals surface area (Å²) in [6.45, 7) is 19.3. The number of hydrogen-bond donors (Lipinski definition) is 1. The van der Waals surface area contributed by atoms with Crippen molar-refractivity contribution in [3.63, 3.8) is 0 Å². The largest absolute Gasteiger partial charge is 0.414 e. The molecule has 0 heterocycles. The quantitative estimate of drug-likeness (QED) is 0.574. The second kappa shape index (κ2) is 6.81. The minimum atomic E-state index is -1.80. The van der Waals surface area contributed by atoms with E-state index in [1.807, 2.05) is 0 Å². The SMILES string of the molecule is CC(=O)CC(O)C1=C(C)CC(O[Si](C)(C)C(C)(C)C)CC1(C)C. The van der Waals surface area contributed by atoms with Crippen molar-refractivity contribution in [3.05, 3.63) is 11.1 Å². The topological polar surface area (TPSA) is 46.5 Å². The Morgan fingerprint density at radius 1 is 1.39 bits per heavy atom. The molecule has 4 heteroatoms. The maximum Gasteiger partial charge on any atom is 0.192 e. The van der Waals surface area contributed by atoms with Crippen molar-refractivity contribution in [1.29, 1.82) is 0 Å². The molecule has 0 radical (unpaired) electrons. The van der Waals surface area contributed by atoms with Crippen LogP contribution in [0.15, 0.2) is 11.1 Å². The maximum absolute atomic E-state index is 11.4. The van der Waals surface area contributed by atoms with Crippen LogP contribution in [-0.4, -0.2) is 31.4 Å². The molecule has 0 aromatic carbocycles. The van der Waals surface area contributed by atoms with Crippen LogP contribution in [0, 0.1) is 5.41 Å². The van der Waals surface area contributed by atoms with Gasteiger partial charge in [-0.05, 0) is 55.8 Å². The van der Waals surface area contributed by atoms with Crippen molar-refractivity contribution >= 4 is 14.1 Å². The third kappa shape index (κ3) is 5.01. The average Bonchev–Trinajstić information content (AvgIpc) is 2.21. The molecule has 134 valence electrons. The number of ketones is 1. The monoisotopic (exact) mass is 340 g/mol. The molecule has 0 aromatic heterocycles. The van der Waals surface area contributed by atoms with Crippen LogP contribution in [0.2, 0.25) is 18.1 Å². The lowest BCUT2D eigenvalue weighted by Gasteiger charge is -2.45. The zero-order valence-corrected chi connectivity index (χ0v) is 17.5. The zero-order valence-electron chi connectivity index (χ0n) is 16.5. The van der Waals surface area contributed by atoms with E-state index in [-0.39, 0.29) is 28.8 Å². The van der Waals surface area contributed by atoms with E-state index in [1.165, 1.54) is 12.5 Å². The van der Waals surface area contributed by atoms with Gasteiger partial charge in [-0.3, -0.25) is 4.79 Å². The van der Waals surface area contributed by atoms with Crippen molar-refractivity contribution in [1.82, 2.24) is 0 Å². The van der Waals surface area contributed by atoms with Crippen molar-refractivity contribution in [2.24, 2.45) is 5.41 Å². The highest BCUT2D eigenvalue weighted by molar-refractivity contribution is 6.74. The van der Waals surface area contributed by atoms with E-state index in [0.29, 0.717) is 0 Å². The highest BCUT2D eigenvalue weighted by Crippen LogP contribution is 2.46. The van der Waals surface area contributed by atoms with Gasteiger partial charge in [-0.25, -0.2) is 0 Å². The molecule has 23 heavy (non-hydrogen) atoms. The average molecular weight is 341 g/mol. The van der Waals surface area contributed by atoms with Gasteiger partial charge >= 0.3 is 0 Å². The number of aliphatic hydroxyl groups excluding tert-OH is 1. The number of carbonyl (C=O) groups excluding carboxylic acids is 1. The molecule has 2 atom stereocenters. The van der Waals surface area contributed by atoms with E-state index in [1.54, 1.807) is 0 Å². The fraction of sp³-hybridized carbons (Fsp3) is 0.842. The summed E-state index contributed by atoms with van der Waals surface area (Å²) in [5, 5.41) is 10.7. The Morgan fingerprint density at radius 2 is 1.91 bits per heavy atom. The first-order valence-electron chi connectivity index (χ1n) is 8.73. The lowest BCUT2D eigenvalue weighted by atomic mass is 9.69. The summed E-state index contributed by atoms with van der Waals surface area (Å²) in [4.78, 5) is 11.4. The molecule has 1 aliphatic carbocycles. The summed E-state index contributed by atoms with van der Waals surface area (Å²) < 4.78 is 6.61. The van der Waals surface area contributed by atoms with Gasteiger partial charge in [0.2, 0.25) is 0 Å². The molecular weight excluding hydrogens is 304 g/mol. The highest BCUT2D eigenvalue weighted by atomic mass is 28.4. The van der Waals surface area contributed by atoms with Gasteiger partial charge in [-0.1, -0.05) is 40.2 Å². The van der Waals surface area contributed by atoms with E-state index in [4.69, 9.17) is 4.43 Å². The van der Waals surface area contributed by atoms with E-state index in [9.17, 15) is 9.90 Å². The van der Waals surface area contributed by atoms with Crippen LogP contribution in [0.25, 0.3) is 0 Å². The van der Waals surface area contributed by atoms with Crippen LogP contribution in [0.1, 0.15) is 67.7 Å². The highest BCUT2D eigenvalue weighted by Gasteiger charge is 2.43. The fourth-order valence-corrected chi connectivity index (χ4v) is 4.92. The lowest BCUT2D eigenvalue weighted by molar-refractivity contribution is -0.118. The number of hydrogen-bond acceptors (Lipinski definition) is 3. The molecule has 1 rings (SSSR count). The minimum absolute atomic E-state index is 0.0354. The van der Waals surface area contributed by atoms with Crippen LogP contribution >= 0.6 is 0 Å². The van der Waals surface area contributed by atoms with Gasteiger partial charge in [0, 0.05) is 12.5 Å². The van der Waals surface area contributed by atoms with Gasteiger partial charge in [0.15, 0.2) is 8.32 Å². The van der Waals surface area contributed by atoms with Crippen LogP contribution in [0.3, 0.4) is 0 Å². The summed E-state index contributed by atoms with van der Waals surface area (Å²) >= 11 is 0. The van der Waals surface area contributed by atoms with Gasteiger partial charge in [-0.15, -0.1) is 0 Å². The van der Waals surface area contributed by atoms with Gasteiger partial charge in [0.1, 0.15) is 5.78 Å². The van der Waals surface area contributed by atoms with Crippen molar-refractivity contribution in [3.8, 4) is 0 Å². The lowest BCUT2D eigenvalue weighted by Crippen LogP contribution is -2.46. The molecule has 1 aliphatic rings. The second-order valence-electron chi connectivity index (χ2n) is 9.41. The fourth-order valence-electron chi connectivity index (χ4n) is 3.57.